The van der Waals surface area contributed by atoms with Gasteiger partial charge in [-0.1, -0.05) is 269 Å². The number of unbranched alkanes of at least 4 members (excludes halogenated alkanes) is 12. The highest BCUT2D eigenvalue weighted by molar-refractivity contribution is 8.51. The molecule has 0 saturated heterocycles. The minimum absolute atomic E-state index is 0.261. The Bertz CT molecular complexity index is 2520. The third-order valence-corrected chi connectivity index (χ3v) is 37.7. The number of hydrogen-bond donors (Lipinski definition) is 0. The van der Waals surface area contributed by atoms with Gasteiger partial charge in [0.1, 0.15) is 9.81 Å². The first-order valence-corrected chi connectivity index (χ1v) is 41.2. The number of allylic oxidation sites excluding steroid dienone is 2. The summed E-state index contributed by atoms with van der Waals surface area (Å²) in [6.45, 7) is 9.15. The van der Waals surface area contributed by atoms with Crippen LogP contribution in [0.25, 0.3) is 11.6 Å². The van der Waals surface area contributed by atoms with Crippen LogP contribution in [0.1, 0.15) is 142 Å². The van der Waals surface area contributed by atoms with Crippen molar-refractivity contribution >= 4 is 235 Å². The SMILES string of the molecule is CCCCCCSC1=C(SCCCCCC)SC(=C2SC3=C(SC(=CC(=C4SC(C(=O)OC)=C(C(=O)OC)S4)c4ccc(C=C5SC6=C(S5)SC(=C5SC(SCCCCCC)=C(SCCCCCC)S5)S6)n4C)S3)S2)S1. The van der Waals surface area contributed by atoms with E-state index in [9.17, 15) is 9.59 Å². The van der Waals surface area contributed by atoms with Crippen LogP contribution < -0.4 is 0 Å². The molecule has 0 saturated carbocycles. The van der Waals surface area contributed by atoms with Crippen molar-refractivity contribution in [3.63, 3.8) is 0 Å². The Balaban J connectivity index is 0.958. The van der Waals surface area contributed by atoms with Gasteiger partial charge in [-0.05, 0) is 73.0 Å². The maximum atomic E-state index is 13.2. The van der Waals surface area contributed by atoms with Gasteiger partial charge in [0.05, 0.1) is 77.8 Å². The molecule has 0 aliphatic carbocycles. The number of carbonyl (C=O) groups is 2. The highest BCUT2D eigenvalue weighted by atomic mass is 32.3. The van der Waals surface area contributed by atoms with Gasteiger partial charge >= 0.3 is 11.9 Å². The number of esters is 2. The summed E-state index contributed by atoms with van der Waals surface area (Å²) in [7, 11) is 4.84. The van der Waals surface area contributed by atoms with Crippen molar-refractivity contribution in [2.45, 2.75) is 130 Å². The van der Waals surface area contributed by atoms with Crippen LogP contribution in [0, 0.1) is 0 Å². The second-order valence-corrected chi connectivity index (χ2v) is 40.2. The zero-order chi connectivity index (χ0) is 53.4. The third kappa shape index (κ3) is 17.8. The maximum absolute atomic E-state index is 13.2. The molecule has 0 aromatic carbocycles. The van der Waals surface area contributed by atoms with Crippen molar-refractivity contribution in [2.75, 3.05) is 37.2 Å². The van der Waals surface area contributed by atoms with Crippen LogP contribution >= 0.6 is 212 Å². The number of thioether (sulfide) groups is 18. The average Bonchev–Trinajstić information content (AvgIpc) is 4.30. The summed E-state index contributed by atoms with van der Waals surface area (Å²) < 4.78 is 33.1. The second kappa shape index (κ2) is 33.6. The van der Waals surface area contributed by atoms with Crippen LogP contribution in [0.5, 0.6) is 0 Å². The quantitative estimate of drug-likeness (QED) is 0.0564. The number of methoxy groups -OCH3 is 2. The van der Waals surface area contributed by atoms with E-state index in [1.54, 1.807) is 0 Å². The Kier molecular flexibility index (Phi) is 28.2. The number of ether oxygens (including phenoxy) is 2. The zero-order valence-corrected chi connectivity index (χ0v) is 58.6. The average molecular weight is 1360 g/mol. The summed E-state index contributed by atoms with van der Waals surface area (Å²) in [4.78, 5) is 26.8. The fraction of sp³-hybridized carbons (Fsp3) is 0.509. The zero-order valence-electron chi connectivity index (χ0n) is 43.9. The fourth-order valence-electron chi connectivity index (χ4n) is 7.61. The lowest BCUT2D eigenvalue weighted by Gasteiger charge is -2.12. The molecule has 0 radical (unpaired) electrons. The molecule has 1 aromatic heterocycles. The minimum Gasteiger partial charge on any atom is -0.465 e. The van der Waals surface area contributed by atoms with Crippen molar-refractivity contribution in [1.29, 1.82) is 0 Å². The highest BCUT2D eigenvalue weighted by Gasteiger charge is 2.39. The summed E-state index contributed by atoms with van der Waals surface area (Å²) in [6.07, 6.45) is 25.4. The van der Waals surface area contributed by atoms with Crippen LogP contribution in [0.3, 0.4) is 0 Å². The highest BCUT2D eigenvalue weighted by Crippen LogP contribution is 2.73. The van der Waals surface area contributed by atoms with Gasteiger partial charge in [-0.25, -0.2) is 9.59 Å². The van der Waals surface area contributed by atoms with E-state index in [4.69, 9.17) is 9.47 Å². The Morgan fingerprint density at radius 3 is 1.14 bits per heavy atom. The molecule has 0 unspecified atom stereocenters. The van der Waals surface area contributed by atoms with E-state index >= 15 is 0 Å². The van der Waals surface area contributed by atoms with Gasteiger partial charge in [0, 0.05) is 24.0 Å². The summed E-state index contributed by atoms with van der Waals surface area (Å²) in [5, 5.41) is 0. The summed E-state index contributed by atoms with van der Waals surface area (Å²) in [5.74, 6) is 3.72. The Morgan fingerprint density at radius 2 is 0.789 bits per heavy atom. The molecular weight excluding hydrogens is 1290 g/mol. The normalized spacial score (nSPS) is 18.6. The molecule has 0 amide bonds. The van der Waals surface area contributed by atoms with Gasteiger partial charge in [-0.2, -0.15) is 0 Å². The fourth-order valence-corrected chi connectivity index (χ4v) is 35.2. The van der Waals surface area contributed by atoms with Crippen LogP contribution in [-0.4, -0.2) is 53.7 Å². The van der Waals surface area contributed by atoms with Crippen molar-refractivity contribution in [3.05, 3.63) is 103 Å². The largest absolute Gasteiger partial charge is 0.465 e. The first-order valence-electron chi connectivity index (χ1n) is 25.9. The molecule has 5 nitrogen and oxygen atoms in total. The molecule has 7 aliphatic heterocycles. The number of carbonyl (C=O) groups excluding carboxylic acids is 2. The monoisotopic (exact) mass is 1350 g/mol. The lowest BCUT2D eigenvalue weighted by Crippen LogP contribution is -2.08. The molecule has 8 heterocycles. The molecular formula is C53H65NO4S18. The lowest BCUT2D eigenvalue weighted by atomic mass is 10.2. The van der Waals surface area contributed by atoms with E-state index in [2.05, 4.69) is 111 Å². The summed E-state index contributed by atoms with van der Waals surface area (Å²) >= 11 is 34.1. The van der Waals surface area contributed by atoms with Crippen LogP contribution in [-0.2, 0) is 26.1 Å². The molecule has 8 rings (SSSR count). The summed E-state index contributed by atoms with van der Waals surface area (Å²) in [6, 6.07) is 4.37. The molecule has 0 fully saturated rings. The van der Waals surface area contributed by atoms with Gasteiger partial charge in [-0.15, -0.1) is 47.0 Å². The van der Waals surface area contributed by atoms with Gasteiger partial charge < -0.3 is 14.0 Å². The molecule has 23 heteroatoms. The lowest BCUT2D eigenvalue weighted by molar-refractivity contribution is -0.138. The van der Waals surface area contributed by atoms with Crippen molar-refractivity contribution in [3.8, 4) is 0 Å². The number of aromatic nitrogens is 1. The second-order valence-electron chi connectivity index (χ2n) is 17.5. The van der Waals surface area contributed by atoms with Crippen molar-refractivity contribution in [2.24, 2.45) is 7.05 Å². The third-order valence-electron chi connectivity index (χ3n) is 11.7. The smallest absolute Gasteiger partial charge is 0.346 e. The molecule has 414 valence electrons. The summed E-state index contributed by atoms with van der Waals surface area (Å²) in [5.41, 5.74) is 3.07. The predicted octanol–water partition coefficient (Wildman–Crippen LogP) is 23.8. The molecule has 0 N–H and O–H groups in total. The van der Waals surface area contributed by atoms with E-state index in [0.717, 1.165) is 21.2 Å². The maximum Gasteiger partial charge on any atom is 0.346 e. The minimum atomic E-state index is -0.537. The molecule has 0 atom stereocenters. The van der Waals surface area contributed by atoms with Crippen molar-refractivity contribution < 1.29 is 19.1 Å². The van der Waals surface area contributed by atoms with Crippen LogP contribution in [0.2, 0.25) is 0 Å². The van der Waals surface area contributed by atoms with E-state index in [1.165, 1.54) is 223 Å². The van der Waals surface area contributed by atoms with Crippen molar-refractivity contribution in [1.82, 2.24) is 4.57 Å². The van der Waals surface area contributed by atoms with Crippen LogP contribution in [0.15, 0.2) is 91.6 Å². The first kappa shape index (κ1) is 63.9. The van der Waals surface area contributed by atoms with E-state index in [-0.39, 0.29) is 9.81 Å². The van der Waals surface area contributed by atoms with Gasteiger partial charge in [0.2, 0.25) is 0 Å². The Morgan fingerprint density at radius 1 is 0.447 bits per heavy atom. The molecule has 1 aromatic rings. The standard InChI is InChI=1S/C53H65NO4S18/c1-8-12-16-20-26-59-42-43(60-27-21-17-13-9-2)70-50(69-42)52-73-46-47(74-52)64-35(63-46)30-32-24-25-34(54(32)5)33(41-67-37(39(55)57-6)38(68-41)40(56)58-7)31-36-65-48-49(66-36)76-53(75-48)51-71-44(61-28-22-18-14-10-3)45(72-51)62-29-23-19-15-11-4/h24-25,30-31H,8-23,26-29H2,1-7H3. The van der Waals surface area contributed by atoms with E-state index in [1.807, 2.05) is 141 Å². The number of rotatable bonds is 29. The molecule has 0 bridgehead atoms. The van der Waals surface area contributed by atoms with Gasteiger partial charge in [-0.3, -0.25) is 0 Å². The Labute approximate surface area is 530 Å². The molecule has 7 aliphatic rings. The molecule has 0 spiro atoms. The number of hydrogen-bond acceptors (Lipinski definition) is 22. The number of nitrogens with zero attached hydrogens (tertiary/aromatic N) is 1. The predicted molar refractivity (Wildman–Crippen MR) is 374 cm³/mol. The van der Waals surface area contributed by atoms with Gasteiger partial charge in [0.15, 0.2) is 0 Å². The van der Waals surface area contributed by atoms with E-state index < -0.39 is 11.9 Å². The Hall–Kier alpha value is 1.92. The van der Waals surface area contributed by atoms with E-state index in [0.29, 0.717) is 0 Å². The first-order chi connectivity index (χ1) is 37.1. The molecule has 76 heavy (non-hydrogen) atoms. The van der Waals surface area contributed by atoms with Crippen LogP contribution in [0.4, 0.5) is 0 Å². The van der Waals surface area contributed by atoms with Gasteiger partial charge in [0.25, 0.3) is 0 Å². The topological polar surface area (TPSA) is 57.5 Å².